The third kappa shape index (κ3) is 3.26. The fraction of sp³-hybridized carbons (Fsp3) is 0.417. The third-order valence-electron chi connectivity index (χ3n) is 7.16. The minimum Gasteiger partial charge on any atom is -0.363 e. The smallest absolute Gasteiger partial charge is 0.266 e. The molecule has 34 heavy (non-hydrogen) atoms. The Labute approximate surface area is 193 Å². The Morgan fingerprint density at radius 1 is 1.18 bits per heavy atom. The summed E-state index contributed by atoms with van der Waals surface area (Å²) in [6.07, 6.45) is 0.462. The molecule has 0 radical (unpaired) electrons. The van der Waals surface area contributed by atoms with E-state index in [1.807, 2.05) is 0 Å². The van der Waals surface area contributed by atoms with Gasteiger partial charge in [0, 0.05) is 36.1 Å². The summed E-state index contributed by atoms with van der Waals surface area (Å²) in [5.74, 6) is -0.669. The van der Waals surface area contributed by atoms with Gasteiger partial charge in [-0.25, -0.2) is 23.1 Å². The Kier molecular flexibility index (Phi) is 4.96. The van der Waals surface area contributed by atoms with Gasteiger partial charge < -0.3 is 10.6 Å². The van der Waals surface area contributed by atoms with Gasteiger partial charge in [0.1, 0.15) is 23.6 Å². The SMILES string of the molecule is CC(=O)NC12CC(c3cc4c(NC(C)c5cccc(C(F)F)c5F)ncnc4n(C)c3=O)(C1)C2. The Bertz CT molecular complexity index is 1370. The van der Waals surface area contributed by atoms with Gasteiger partial charge in [-0.05, 0) is 32.3 Å². The number of halogens is 3. The molecular formula is C24H24F3N5O2. The monoisotopic (exact) mass is 471 g/mol. The molecule has 1 unspecified atom stereocenters. The lowest BCUT2D eigenvalue weighted by Gasteiger charge is -2.70. The first-order valence-corrected chi connectivity index (χ1v) is 11.0. The van der Waals surface area contributed by atoms with E-state index in [2.05, 4.69) is 20.6 Å². The molecule has 3 aliphatic rings. The number of anilines is 1. The second-order valence-corrected chi connectivity index (χ2v) is 9.57. The van der Waals surface area contributed by atoms with Crippen molar-refractivity contribution in [1.29, 1.82) is 0 Å². The Morgan fingerprint density at radius 3 is 2.50 bits per heavy atom. The number of fused-ring (bicyclic) bond motifs is 1. The van der Waals surface area contributed by atoms with Crippen LogP contribution in [0, 0.1) is 5.82 Å². The molecule has 3 aromatic rings. The van der Waals surface area contributed by atoms with Gasteiger partial charge >= 0.3 is 0 Å². The summed E-state index contributed by atoms with van der Waals surface area (Å²) in [4.78, 5) is 33.2. The molecular weight excluding hydrogens is 447 g/mol. The molecule has 3 saturated carbocycles. The van der Waals surface area contributed by atoms with Gasteiger partial charge in [0.15, 0.2) is 0 Å². The van der Waals surface area contributed by atoms with Gasteiger partial charge in [-0.1, -0.05) is 18.2 Å². The summed E-state index contributed by atoms with van der Waals surface area (Å²) in [5, 5.41) is 6.67. The van der Waals surface area contributed by atoms with Crippen molar-refractivity contribution < 1.29 is 18.0 Å². The van der Waals surface area contributed by atoms with Crippen LogP contribution in [0.25, 0.3) is 11.0 Å². The van der Waals surface area contributed by atoms with Crippen molar-refractivity contribution in [2.24, 2.45) is 7.05 Å². The molecule has 1 aromatic carbocycles. The molecule has 0 aliphatic heterocycles. The van der Waals surface area contributed by atoms with Crippen molar-refractivity contribution in [3.63, 3.8) is 0 Å². The number of nitrogens with one attached hydrogen (secondary N) is 2. The summed E-state index contributed by atoms with van der Waals surface area (Å²) in [6, 6.07) is 5.01. The van der Waals surface area contributed by atoms with E-state index < -0.39 is 23.8 Å². The van der Waals surface area contributed by atoms with E-state index >= 15 is 0 Å². The third-order valence-corrected chi connectivity index (χ3v) is 7.16. The lowest BCUT2D eigenvalue weighted by atomic mass is 9.37. The maximum Gasteiger partial charge on any atom is 0.266 e. The number of nitrogens with zero attached hydrogens (tertiary/aromatic N) is 3. The fourth-order valence-electron chi connectivity index (χ4n) is 5.70. The second-order valence-electron chi connectivity index (χ2n) is 9.57. The highest BCUT2D eigenvalue weighted by molar-refractivity contribution is 5.87. The number of carbonyl (C=O) groups excluding carboxylic acids is 1. The molecule has 2 aromatic heterocycles. The van der Waals surface area contributed by atoms with E-state index in [1.54, 1.807) is 20.0 Å². The topological polar surface area (TPSA) is 88.9 Å². The van der Waals surface area contributed by atoms with Crippen molar-refractivity contribution in [3.05, 3.63) is 63.5 Å². The number of pyridine rings is 1. The standard InChI is InChI=1S/C24H24F3N5O2/c1-12(14-5-4-6-15(18(14)25)19(26)27)30-20-16-7-17(22(34)32(3)21(16)29-11-28-20)23-8-24(9-23,10-23)31-13(2)33/h4-7,11-12,19H,8-10H2,1-3H3,(H,31,33)(H,28,29,30). The molecule has 3 aliphatic carbocycles. The van der Waals surface area contributed by atoms with Crippen LogP contribution < -0.4 is 16.2 Å². The molecule has 3 fully saturated rings. The number of amides is 1. The summed E-state index contributed by atoms with van der Waals surface area (Å²) in [5.41, 5.74) is -0.220. The van der Waals surface area contributed by atoms with Crippen LogP contribution in [-0.2, 0) is 17.3 Å². The number of aromatic nitrogens is 3. The lowest BCUT2D eigenvalue weighted by molar-refractivity contribution is -0.136. The largest absolute Gasteiger partial charge is 0.363 e. The number of aryl methyl sites for hydroxylation is 1. The van der Waals surface area contributed by atoms with E-state index in [0.29, 0.717) is 41.7 Å². The number of alkyl halides is 2. The van der Waals surface area contributed by atoms with Crippen molar-refractivity contribution >= 4 is 22.8 Å². The summed E-state index contributed by atoms with van der Waals surface area (Å²) in [7, 11) is 1.63. The van der Waals surface area contributed by atoms with Gasteiger partial charge in [-0.2, -0.15) is 0 Å². The number of hydrogen-bond acceptors (Lipinski definition) is 5. The Hall–Kier alpha value is -3.43. The van der Waals surface area contributed by atoms with Crippen LogP contribution in [0.3, 0.4) is 0 Å². The van der Waals surface area contributed by atoms with Crippen LogP contribution in [0.5, 0.6) is 0 Å². The van der Waals surface area contributed by atoms with Gasteiger partial charge in [0.05, 0.1) is 17.0 Å². The normalized spacial score (nSPS) is 23.9. The molecule has 10 heteroatoms. The minimum absolute atomic E-state index is 0.0864. The van der Waals surface area contributed by atoms with Crippen LogP contribution in [0.4, 0.5) is 19.0 Å². The van der Waals surface area contributed by atoms with Crippen LogP contribution >= 0.6 is 0 Å². The maximum absolute atomic E-state index is 14.7. The van der Waals surface area contributed by atoms with Gasteiger partial charge in [0.2, 0.25) is 5.91 Å². The minimum atomic E-state index is -2.92. The molecule has 1 atom stereocenters. The van der Waals surface area contributed by atoms with Crippen LogP contribution in [0.15, 0.2) is 35.4 Å². The molecule has 7 nitrogen and oxygen atoms in total. The zero-order valence-corrected chi connectivity index (χ0v) is 19.0. The molecule has 2 heterocycles. The zero-order valence-electron chi connectivity index (χ0n) is 19.0. The number of carbonyl (C=O) groups is 1. The van der Waals surface area contributed by atoms with E-state index in [0.717, 1.165) is 6.07 Å². The average molecular weight is 471 g/mol. The van der Waals surface area contributed by atoms with E-state index in [-0.39, 0.29) is 28.0 Å². The second kappa shape index (κ2) is 7.54. The summed E-state index contributed by atoms with van der Waals surface area (Å²) < 4.78 is 42.4. The maximum atomic E-state index is 14.7. The van der Waals surface area contributed by atoms with Crippen molar-refractivity contribution in [3.8, 4) is 0 Å². The lowest BCUT2D eigenvalue weighted by Crippen LogP contribution is -2.77. The molecule has 178 valence electrons. The predicted octanol–water partition coefficient (Wildman–Crippen LogP) is 3.89. The average Bonchev–Trinajstić information content (AvgIpc) is 2.72. The molecule has 0 spiro atoms. The highest BCUT2D eigenvalue weighted by Gasteiger charge is 2.69. The van der Waals surface area contributed by atoms with E-state index in [9.17, 15) is 22.8 Å². The molecule has 0 saturated heterocycles. The zero-order chi connectivity index (χ0) is 24.4. The van der Waals surface area contributed by atoms with Crippen LogP contribution in [0.1, 0.15) is 62.3 Å². The van der Waals surface area contributed by atoms with Gasteiger partial charge in [0.25, 0.3) is 12.0 Å². The number of benzene rings is 1. The predicted molar refractivity (Wildman–Crippen MR) is 120 cm³/mol. The van der Waals surface area contributed by atoms with Gasteiger partial charge in [-0.15, -0.1) is 0 Å². The Morgan fingerprint density at radius 2 is 1.85 bits per heavy atom. The highest BCUT2D eigenvalue weighted by Crippen LogP contribution is 2.67. The first-order valence-electron chi connectivity index (χ1n) is 11.0. The Balaban J connectivity index is 1.51. The van der Waals surface area contributed by atoms with Crippen molar-refractivity contribution in [2.75, 3.05) is 5.32 Å². The molecule has 2 bridgehead atoms. The van der Waals surface area contributed by atoms with Crippen LogP contribution in [0.2, 0.25) is 0 Å². The summed E-state index contributed by atoms with van der Waals surface area (Å²) >= 11 is 0. The number of rotatable bonds is 6. The van der Waals surface area contributed by atoms with Gasteiger partial charge in [-0.3, -0.25) is 14.2 Å². The first-order chi connectivity index (χ1) is 16.1. The molecule has 6 rings (SSSR count). The highest BCUT2D eigenvalue weighted by atomic mass is 19.3. The van der Waals surface area contributed by atoms with Crippen LogP contribution in [-0.4, -0.2) is 26.0 Å². The number of hydrogen-bond donors (Lipinski definition) is 2. The molecule has 2 N–H and O–H groups in total. The van der Waals surface area contributed by atoms with E-state index in [4.69, 9.17) is 0 Å². The quantitative estimate of drug-likeness (QED) is 0.570. The fourth-order valence-corrected chi connectivity index (χ4v) is 5.70. The first kappa shape index (κ1) is 22.4. The van der Waals surface area contributed by atoms with Crippen molar-refractivity contribution in [2.45, 2.75) is 56.5 Å². The summed E-state index contributed by atoms with van der Waals surface area (Å²) in [6.45, 7) is 3.14. The molecule has 1 amide bonds. The van der Waals surface area contributed by atoms with Crippen molar-refractivity contribution in [1.82, 2.24) is 19.9 Å². The van der Waals surface area contributed by atoms with E-state index in [1.165, 1.54) is 30.0 Å².